The van der Waals surface area contributed by atoms with Gasteiger partial charge >= 0.3 is 12.1 Å². The first-order valence-corrected chi connectivity index (χ1v) is 10.8. The van der Waals surface area contributed by atoms with Gasteiger partial charge in [-0.3, -0.25) is 0 Å². The quantitative estimate of drug-likeness (QED) is 0.503. The molecule has 0 bridgehead atoms. The minimum absolute atomic E-state index is 0.0762. The lowest BCUT2D eigenvalue weighted by Gasteiger charge is -2.18. The number of carboxylic acids is 1. The van der Waals surface area contributed by atoms with E-state index >= 15 is 0 Å². The molecule has 0 radical (unpaired) electrons. The van der Waals surface area contributed by atoms with Crippen LogP contribution in [0, 0.1) is 6.92 Å². The van der Waals surface area contributed by atoms with Crippen LogP contribution in [0.3, 0.4) is 0 Å². The van der Waals surface area contributed by atoms with Crippen LogP contribution in [0.25, 0.3) is 11.1 Å². The van der Waals surface area contributed by atoms with Gasteiger partial charge in [0.05, 0.1) is 0 Å². The van der Waals surface area contributed by atoms with Crippen molar-refractivity contribution in [3.63, 3.8) is 0 Å². The molecular weight excluding hydrogens is 458 g/mol. The Morgan fingerprint density at radius 1 is 1.03 bits per heavy atom. The number of carboxylic acid groups (broad SMARTS) is 1. The molecule has 0 spiro atoms. The van der Waals surface area contributed by atoms with Gasteiger partial charge in [-0.1, -0.05) is 76.6 Å². The summed E-state index contributed by atoms with van der Waals surface area (Å²) in [6, 6.07) is 20.7. The van der Waals surface area contributed by atoms with Crippen LogP contribution in [0.1, 0.15) is 28.2 Å². The van der Waals surface area contributed by atoms with Crippen molar-refractivity contribution in [2.75, 3.05) is 6.61 Å². The molecule has 4 rings (SSSR count). The van der Waals surface area contributed by atoms with Gasteiger partial charge in [0.2, 0.25) is 0 Å². The highest BCUT2D eigenvalue weighted by Gasteiger charge is 2.29. The molecule has 3 aromatic carbocycles. The summed E-state index contributed by atoms with van der Waals surface area (Å²) in [4.78, 5) is 24.2. The Morgan fingerprint density at radius 3 is 2.23 bits per heavy atom. The second-order valence-electron chi connectivity index (χ2n) is 7.66. The topological polar surface area (TPSA) is 75.6 Å². The Balaban J connectivity index is 1.44. The molecule has 31 heavy (non-hydrogen) atoms. The molecule has 6 heteroatoms. The maximum Gasteiger partial charge on any atom is 0.407 e. The fourth-order valence-electron chi connectivity index (χ4n) is 4.02. The van der Waals surface area contributed by atoms with Crippen LogP contribution in [-0.2, 0) is 16.0 Å². The summed E-state index contributed by atoms with van der Waals surface area (Å²) in [5, 5.41) is 12.1. The minimum Gasteiger partial charge on any atom is -0.480 e. The first kappa shape index (κ1) is 21.1. The number of hydrogen-bond acceptors (Lipinski definition) is 3. The van der Waals surface area contributed by atoms with Gasteiger partial charge in [0, 0.05) is 16.8 Å². The zero-order valence-corrected chi connectivity index (χ0v) is 18.6. The van der Waals surface area contributed by atoms with Crippen molar-refractivity contribution in [2.45, 2.75) is 25.3 Å². The molecule has 0 saturated heterocycles. The van der Waals surface area contributed by atoms with Crippen LogP contribution in [0.15, 0.2) is 71.2 Å². The number of aryl methyl sites for hydroxylation is 1. The molecular formula is C25H22BrNO4. The van der Waals surface area contributed by atoms with E-state index in [-0.39, 0.29) is 18.9 Å². The lowest BCUT2D eigenvalue weighted by atomic mass is 9.98. The first-order valence-electron chi connectivity index (χ1n) is 10.0. The number of carbonyl (C=O) groups excluding carboxylic acids is 1. The summed E-state index contributed by atoms with van der Waals surface area (Å²) in [5.41, 5.74) is 6.35. The predicted octanol–water partition coefficient (Wildman–Crippen LogP) is 5.29. The third kappa shape index (κ3) is 4.49. The van der Waals surface area contributed by atoms with Crippen molar-refractivity contribution >= 4 is 28.0 Å². The van der Waals surface area contributed by atoms with E-state index in [1.807, 2.05) is 61.5 Å². The van der Waals surface area contributed by atoms with Crippen LogP contribution in [0.5, 0.6) is 0 Å². The van der Waals surface area contributed by atoms with Gasteiger partial charge in [-0.05, 0) is 46.4 Å². The zero-order valence-electron chi connectivity index (χ0n) is 17.0. The van der Waals surface area contributed by atoms with Crippen LogP contribution in [0.4, 0.5) is 4.79 Å². The molecule has 2 N–H and O–H groups in total. The van der Waals surface area contributed by atoms with Crippen molar-refractivity contribution in [1.82, 2.24) is 5.32 Å². The fraction of sp³-hybridized carbons (Fsp3) is 0.200. The summed E-state index contributed by atoms with van der Waals surface area (Å²) in [6.45, 7) is 2.10. The summed E-state index contributed by atoms with van der Waals surface area (Å²) < 4.78 is 6.30. The molecule has 0 aliphatic heterocycles. The van der Waals surface area contributed by atoms with Crippen LogP contribution >= 0.6 is 15.9 Å². The zero-order chi connectivity index (χ0) is 22.0. The number of alkyl carbamates (subject to hydrolysis) is 1. The van der Waals surface area contributed by atoms with Crippen molar-refractivity contribution < 1.29 is 19.4 Å². The lowest BCUT2D eigenvalue weighted by Crippen LogP contribution is -2.43. The Hall–Kier alpha value is -3.12. The summed E-state index contributed by atoms with van der Waals surface area (Å²) in [5.74, 6) is -1.19. The number of hydrogen-bond donors (Lipinski definition) is 2. The summed E-state index contributed by atoms with van der Waals surface area (Å²) >= 11 is 3.46. The first-order chi connectivity index (χ1) is 14.9. The number of ether oxygens (including phenoxy) is 1. The second kappa shape index (κ2) is 8.94. The van der Waals surface area contributed by atoms with Gasteiger partial charge in [0.1, 0.15) is 12.6 Å². The third-order valence-electron chi connectivity index (χ3n) is 5.57. The Labute approximate surface area is 189 Å². The molecule has 1 atom stereocenters. The number of halogens is 1. The van der Waals surface area contributed by atoms with E-state index < -0.39 is 18.1 Å². The molecule has 1 aliphatic rings. The molecule has 1 unspecified atom stereocenters. The maximum absolute atomic E-state index is 12.5. The Bertz CT molecular complexity index is 1100. The standard InChI is InChI=1S/C25H22BrNO4/c1-15-10-11-16(22(26)12-15)13-23(24(28)29)27-25(30)31-14-21-19-8-4-2-6-17(19)18-7-3-5-9-20(18)21/h2-12,21,23H,13-14H2,1H3,(H,27,30)(H,28,29). The molecule has 0 aromatic heterocycles. The van der Waals surface area contributed by atoms with Gasteiger partial charge in [-0.2, -0.15) is 0 Å². The number of rotatable bonds is 6. The number of amides is 1. The van der Waals surface area contributed by atoms with Crippen molar-refractivity contribution in [1.29, 1.82) is 0 Å². The number of nitrogens with one attached hydrogen (secondary N) is 1. The van der Waals surface area contributed by atoms with Crippen LogP contribution in [-0.4, -0.2) is 29.8 Å². The summed E-state index contributed by atoms with van der Waals surface area (Å²) in [7, 11) is 0. The van der Waals surface area contributed by atoms with E-state index in [0.717, 1.165) is 37.9 Å². The smallest absolute Gasteiger partial charge is 0.407 e. The molecule has 158 valence electrons. The molecule has 1 amide bonds. The molecule has 1 aliphatic carbocycles. The molecule has 3 aromatic rings. The van der Waals surface area contributed by atoms with Gasteiger partial charge < -0.3 is 15.2 Å². The fourth-order valence-corrected chi connectivity index (χ4v) is 4.68. The monoisotopic (exact) mass is 479 g/mol. The average Bonchev–Trinajstić information content (AvgIpc) is 3.07. The van der Waals surface area contributed by atoms with Gasteiger partial charge in [-0.15, -0.1) is 0 Å². The SMILES string of the molecule is Cc1ccc(CC(NC(=O)OCC2c3ccccc3-c3ccccc32)C(=O)O)c(Br)c1. The van der Waals surface area contributed by atoms with E-state index in [2.05, 4.69) is 33.4 Å². The maximum atomic E-state index is 12.5. The largest absolute Gasteiger partial charge is 0.480 e. The highest BCUT2D eigenvalue weighted by Crippen LogP contribution is 2.44. The van der Waals surface area contributed by atoms with E-state index in [4.69, 9.17) is 4.74 Å². The van der Waals surface area contributed by atoms with Gasteiger partial charge in [-0.25, -0.2) is 9.59 Å². The van der Waals surface area contributed by atoms with Crippen LogP contribution in [0.2, 0.25) is 0 Å². The summed E-state index contributed by atoms with van der Waals surface area (Å²) in [6.07, 6.45) is -0.585. The second-order valence-corrected chi connectivity index (χ2v) is 8.51. The predicted molar refractivity (Wildman–Crippen MR) is 122 cm³/mol. The van der Waals surface area contributed by atoms with Gasteiger partial charge in [0.15, 0.2) is 0 Å². The average molecular weight is 480 g/mol. The normalized spacial score (nSPS) is 13.2. The van der Waals surface area contributed by atoms with Crippen molar-refractivity contribution in [3.8, 4) is 11.1 Å². The Morgan fingerprint density at radius 2 is 1.65 bits per heavy atom. The molecule has 0 fully saturated rings. The number of aliphatic carboxylic acids is 1. The number of fused-ring (bicyclic) bond motifs is 3. The highest BCUT2D eigenvalue weighted by atomic mass is 79.9. The minimum atomic E-state index is -1.11. The number of carbonyl (C=O) groups is 2. The van der Waals surface area contributed by atoms with Gasteiger partial charge in [0.25, 0.3) is 0 Å². The number of benzene rings is 3. The van der Waals surface area contributed by atoms with Crippen molar-refractivity contribution in [3.05, 3.63) is 93.5 Å². The highest BCUT2D eigenvalue weighted by molar-refractivity contribution is 9.10. The lowest BCUT2D eigenvalue weighted by molar-refractivity contribution is -0.139. The van der Waals surface area contributed by atoms with E-state index in [0.29, 0.717) is 0 Å². The van der Waals surface area contributed by atoms with Crippen LogP contribution < -0.4 is 5.32 Å². The Kier molecular flexibility index (Phi) is 6.09. The molecule has 5 nitrogen and oxygen atoms in total. The van der Waals surface area contributed by atoms with E-state index in [1.165, 1.54) is 0 Å². The molecule has 0 heterocycles. The third-order valence-corrected chi connectivity index (χ3v) is 6.30. The molecule has 0 saturated carbocycles. The van der Waals surface area contributed by atoms with E-state index in [9.17, 15) is 14.7 Å². The van der Waals surface area contributed by atoms with Crippen molar-refractivity contribution in [2.24, 2.45) is 0 Å². The van der Waals surface area contributed by atoms with E-state index in [1.54, 1.807) is 0 Å².